The summed E-state index contributed by atoms with van der Waals surface area (Å²) in [6.07, 6.45) is 1.80. The van der Waals surface area contributed by atoms with Crippen LogP contribution in [0, 0.1) is 0 Å². The number of nitrogens with one attached hydrogen (secondary N) is 1. The number of morpholine rings is 1. The Morgan fingerprint density at radius 2 is 1.93 bits per heavy atom. The van der Waals surface area contributed by atoms with E-state index in [4.69, 9.17) is 19.4 Å². The highest BCUT2D eigenvalue weighted by Gasteiger charge is 2.47. The molecule has 214 valence electrons. The predicted octanol–water partition coefficient (Wildman–Crippen LogP) is 2.91. The van der Waals surface area contributed by atoms with E-state index in [0.717, 1.165) is 5.56 Å². The number of hydrogen-bond acceptors (Lipinski definition) is 10. The maximum atomic E-state index is 13.9. The van der Waals surface area contributed by atoms with Gasteiger partial charge in [-0.3, -0.25) is 19.5 Å². The highest BCUT2D eigenvalue weighted by molar-refractivity contribution is 5.98. The molecule has 0 saturated carbocycles. The Morgan fingerprint density at radius 3 is 2.74 bits per heavy atom. The molecule has 0 spiro atoms. The largest absolute Gasteiger partial charge is 0.507 e. The Kier molecular flexibility index (Phi) is 7.07. The molecule has 5 N–H and O–H groups in total. The van der Waals surface area contributed by atoms with E-state index in [0.29, 0.717) is 28.2 Å². The number of nitrogens with two attached hydrogens (primary N) is 1. The molecule has 12 nitrogen and oxygen atoms in total. The van der Waals surface area contributed by atoms with Gasteiger partial charge in [-0.1, -0.05) is 23.4 Å². The Balaban J connectivity index is 1.30. The lowest BCUT2D eigenvalue weighted by Gasteiger charge is -2.40. The van der Waals surface area contributed by atoms with Crippen molar-refractivity contribution in [3.63, 3.8) is 0 Å². The van der Waals surface area contributed by atoms with Crippen molar-refractivity contribution in [2.75, 3.05) is 30.3 Å². The first-order chi connectivity index (χ1) is 20.3. The third kappa shape index (κ3) is 5.16. The van der Waals surface area contributed by atoms with Crippen LogP contribution in [0.5, 0.6) is 5.75 Å². The minimum absolute atomic E-state index is 0.0233. The first kappa shape index (κ1) is 27.0. The number of aliphatic hydroxyl groups is 1. The fourth-order valence-electron chi connectivity index (χ4n) is 5.04. The number of ether oxygens (including phenoxy) is 1. The number of amides is 2. The van der Waals surface area contributed by atoms with E-state index in [1.165, 1.54) is 17.0 Å². The van der Waals surface area contributed by atoms with Crippen molar-refractivity contribution in [1.82, 2.24) is 15.5 Å². The van der Waals surface area contributed by atoms with Crippen molar-refractivity contribution < 1.29 is 33.5 Å². The number of pyridine rings is 1. The average Bonchev–Trinajstić information content (AvgIpc) is 3.64. The zero-order valence-electron chi connectivity index (χ0n) is 22.3. The summed E-state index contributed by atoms with van der Waals surface area (Å²) in [5.41, 5.74) is 5.73. The van der Waals surface area contributed by atoms with Crippen molar-refractivity contribution in [1.29, 1.82) is 0 Å². The molecule has 0 aliphatic carbocycles. The summed E-state index contributed by atoms with van der Waals surface area (Å²) in [5, 5.41) is 29.3. The number of aromatic nitrogens is 2. The van der Waals surface area contributed by atoms with Crippen LogP contribution < -0.4 is 16.0 Å². The number of para-hydroxylation sites is 1. The van der Waals surface area contributed by atoms with Crippen LogP contribution >= 0.6 is 0 Å². The second-order valence-corrected chi connectivity index (χ2v) is 9.99. The molecule has 1 aliphatic rings. The van der Waals surface area contributed by atoms with Crippen molar-refractivity contribution in [2.24, 2.45) is 0 Å². The van der Waals surface area contributed by atoms with Crippen LogP contribution in [0.3, 0.4) is 0 Å². The van der Waals surface area contributed by atoms with Gasteiger partial charge >= 0.3 is 0 Å². The molecule has 4 heterocycles. The molecule has 12 heteroatoms. The second-order valence-electron chi connectivity index (χ2n) is 9.99. The minimum Gasteiger partial charge on any atom is -0.507 e. The maximum absolute atomic E-state index is 13.9. The number of anilines is 2. The molecule has 42 heavy (non-hydrogen) atoms. The van der Waals surface area contributed by atoms with Crippen LogP contribution in [0.2, 0.25) is 0 Å². The summed E-state index contributed by atoms with van der Waals surface area (Å²) in [6.45, 7) is -0.0707. The monoisotopic (exact) mass is 569 g/mol. The highest BCUT2D eigenvalue weighted by Crippen LogP contribution is 2.32. The SMILES string of the molecule is Nc1noc2cc(CC(O)(CNC(=O)c3ccccc3O)[C@H]3OCCN(c4ccc(-c5ccncc5)o4)C3=O)ccc12. The number of nitrogens with zero attached hydrogens (tertiary/aromatic N) is 3. The number of benzene rings is 2. The summed E-state index contributed by atoms with van der Waals surface area (Å²) in [7, 11) is 0. The zero-order valence-corrected chi connectivity index (χ0v) is 22.3. The van der Waals surface area contributed by atoms with E-state index in [-0.39, 0.29) is 43.2 Å². The van der Waals surface area contributed by atoms with Crippen LogP contribution in [0.1, 0.15) is 15.9 Å². The number of rotatable bonds is 8. The lowest BCUT2D eigenvalue weighted by atomic mass is 9.86. The summed E-state index contributed by atoms with van der Waals surface area (Å²) in [6, 6.07) is 18.1. The van der Waals surface area contributed by atoms with E-state index >= 15 is 0 Å². The number of carbonyl (C=O) groups excluding carboxylic acids is 2. The van der Waals surface area contributed by atoms with Gasteiger partial charge in [0.05, 0.1) is 30.6 Å². The van der Waals surface area contributed by atoms with Crippen LogP contribution in [-0.2, 0) is 16.0 Å². The molecule has 3 aromatic heterocycles. The molecule has 1 aliphatic heterocycles. The molecule has 1 saturated heterocycles. The first-order valence-corrected chi connectivity index (χ1v) is 13.2. The fraction of sp³-hybridized carbons (Fsp3) is 0.200. The van der Waals surface area contributed by atoms with Gasteiger partial charge in [0.1, 0.15) is 17.1 Å². The number of nitrogen functional groups attached to an aromatic ring is 1. The lowest BCUT2D eigenvalue weighted by molar-refractivity contribution is -0.157. The normalized spacial score (nSPS) is 16.8. The topological polar surface area (TPSA) is 177 Å². The van der Waals surface area contributed by atoms with E-state index in [2.05, 4.69) is 15.5 Å². The summed E-state index contributed by atoms with van der Waals surface area (Å²) in [5.74, 6) is -0.315. The zero-order chi connectivity index (χ0) is 29.3. The van der Waals surface area contributed by atoms with Crippen molar-refractivity contribution in [3.8, 4) is 17.1 Å². The molecular weight excluding hydrogens is 542 g/mol. The molecule has 5 aromatic rings. The van der Waals surface area contributed by atoms with Crippen molar-refractivity contribution in [3.05, 3.63) is 90.3 Å². The van der Waals surface area contributed by atoms with Crippen LogP contribution in [0.25, 0.3) is 22.3 Å². The first-order valence-electron chi connectivity index (χ1n) is 13.2. The summed E-state index contributed by atoms with van der Waals surface area (Å²) >= 11 is 0. The summed E-state index contributed by atoms with van der Waals surface area (Å²) < 4.78 is 17.1. The second kappa shape index (κ2) is 11.0. The highest BCUT2D eigenvalue weighted by atomic mass is 16.5. The van der Waals surface area contributed by atoms with Gasteiger partial charge in [-0.15, -0.1) is 0 Å². The molecule has 1 unspecified atom stereocenters. The Morgan fingerprint density at radius 1 is 1.12 bits per heavy atom. The van der Waals surface area contributed by atoms with Gasteiger partial charge in [0.25, 0.3) is 11.8 Å². The Hall–Kier alpha value is -5.20. The molecule has 6 rings (SSSR count). The van der Waals surface area contributed by atoms with Gasteiger partial charge in [-0.05, 0) is 48.0 Å². The van der Waals surface area contributed by atoms with Gasteiger partial charge in [0.2, 0.25) is 5.88 Å². The van der Waals surface area contributed by atoms with Crippen LogP contribution in [-0.4, -0.2) is 63.6 Å². The number of furan rings is 1. The Bertz CT molecular complexity index is 1750. The third-order valence-electron chi connectivity index (χ3n) is 7.18. The smallest absolute Gasteiger partial charge is 0.261 e. The van der Waals surface area contributed by atoms with Gasteiger partial charge in [0, 0.05) is 30.4 Å². The van der Waals surface area contributed by atoms with Gasteiger partial charge < -0.3 is 34.9 Å². The van der Waals surface area contributed by atoms with E-state index in [9.17, 15) is 19.8 Å². The van der Waals surface area contributed by atoms with E-state index < -0.39 is 23.5 Å². The Labute approximate surface area is 239 Å². The maximum Gasteiger partial charge on any atom is 0.261 e. The van der Waals surface area contributed by atoms with Crippen LogP contribution in [0.15, 0.2) is 88.1 Å². The quantitative estimate of drug-likeness (QED) is 0.217. The average molecular weight is 570 g/mol. The number of hydrogen-bond donors (Lipinski definition) is 4. The number of aromatic hydroxyl groups is 1. The summed E-state index contributed by atoms with van der Waals surface area (Å²) in [4.78, 5) is 32.2. The van der Waals surface area contributed by atoms with Crippen molar-refractivity contribution >= 4 is 34.5 Å². The molecule has 2 aromatic carbocycles. The van der Waals surface area contributed by atoms with Gasteiger partial charge in [0.15, 0.2) is 17.5 Å². The van der Waals surface area contributed by atoms with Crippen molar-refractivity contribution in [2.45, 2.75) is 18.1 Å². The molecule has 2 atom stereocenters. The number of phenolic OH excluding ortho intramolecular Hbond substituents is 1. The number of fused-ring (bicyclic) bond motifs is 1. The minimum atomic E-state index is -1.92. The van der Waals surface area contributed by atoms with E-state index in [1.807, 2.05) is 0 Å². The fourth-order valence-corrected chi connectivity index (χ4v) is 5.04. The van der Waals surface area contributed by atoms with E-state index in [1.54, 1.807) is 67.0 Å². The molecule has 0 bridgehead atoms. The lowest BCUT2D eigenvalue weighted by Crippen LogP contribution is -2.63. The standard InChI is InChI=1S/C30H27N5O7/c31-27-21-6-5-18(15-24(21)42-34-27)16-30(39,17-33-28(37)20-3-1-2-4-22(20)36)26-29(38)35(13-14-40-26)25-8-7-23(41-25)19-9-11-32-12-10-19/h1-12,15,26,36,39H,13-14,16-17H2,(H2,31,34)(H,33,37)/t26-,30?/m0/s1. The molecular formula is C30H27N5O7. The molecule has 2 amide bonds. The predicted molar refractivity (Wildman–Crippen MR) is 152 cm³/mol. The van der Waals surface area contributed by atoms with Crippen LogP contribution in [0.4, 0.5) is 11.7 Å². The number of carbonyl (C=O) groups is 2. The molecule has 0 radical (unpaired) electrons. The number of phenols is 1. The van der Waals surface area contributed by atoms with Gasteiger partial charge in [-0.25, -0.2) is 0 Å². The molecule has 1 fully saturated rings. The van der Waals surface area contributed by atoms with Gasteiger partial charge in [-0.2, -0.15) is 0 Å². The third-order valence-corrected chi connectivity index (χ3v) is 7.18.